The van der Waals surface area contributed by atoms with Crippen LogP contribution in [-0.4, -0.2) is 42.0 Å². The van der Waals surface area contributed by atoms with Crippen molar-refractivity contribution in [1.82, 2.24) is 10.6 Å². The summed E-state index contributed by atoms with van der Waals surface area (Å²) in [6.07, 6.45) is -0.660. The molecule has 0 bridgehead atoms. The summed E-state index contributed by atoms with van der Waals surface area (Å²) in [5.41, 5.74) is 1.95. The first kappa shape index (κ1) is 20.0. The molecule has 1 aromatic carbocycles. The topological polar surface area (TPSA) is 108 Å². The van der Waals surface area contributed by atoms with E-state index in [0.717, 1.165) is 16.6 Å². The highest BCUT2D eigenvalue weighted by Gasteiger charge is 2.25. The fourth-order valence-corrected chi connectivity index (χ4v) is 2.39. The SMILES string of the molecule is CC(C)[C@H](NC(=O)O)C(=O)N[C@H](C=O)CNc1ccc(CBr)cc1. The number of nitrogens with one attached hydrogen (secondary N) is 3. The Bertz CT molecular complexity index is 563. The highest BCUT2D eigenvalue weighted by Crippen LogP contribution is 2.11. The van der Waals surface area contributed by atoms with E-state index in [4.69, 9.17) is 5.11 Å². The molecule has 0 radical (unpaired) electrons. The molecule has 0 saturated carbocycles. The molecule has 0 unspecified atom stereocenters. The Morgan fingerprint density at radius 3 is 2.29 bits per heavy atom. The van der Waals surface area contributed by atoms with Crippen molar-refractivity contribution in [2.45, 2.75) is 31.3 Å². The first-order chi connectivity index (χ1) is 11.4. The Hall–Kier alpha value is -2.09. The van der Waals surface area contributed by atoms with Crippen molar-refractivity contribution < 1.29 is 19.5 Å². The molecule has 0 aliphatic heterocycles. The minimum atomic E-state index is -1.28. The Labute approximate surface area is 149 Å². The summed E-state index contributed by atoms with van der Waals surface area (Å²) in [6.45, 7) is 3.65. The molecule has 8 heteroatoms. The highest BCUT2D eigenvalue weighted by molar-refractivity contribution is 9.08. The number of alkyl halides is 1. The number of rotatable bonds is 9. The molecule has 7 nitrogen and oxygen atoms in total. The van der Waals surface area contributed by atoms with Gasteiger partial charge in [0.25, 0.3) is 0 Å². The van der Waals surface area contributed by atoms with E-state index in [1.165, 1.54) is 0 Å². The zero-order valence-corrected chi connectivity index (χ0v) is 15.2. The van der Waals surface area contributed by atoms with Crippen LogP contribution in [0.1, 0.15) is 19.4 Å². The molecule has 24 heavy (non-hydrogen) atoms. The summed E-state index contributed by atoms with van der Waals surface area (Å²) in [5.74, 6) is -0.765. The lowest BCUT2D eigenvalue weighted by Gasteiger charge is -2.22. The molecular formula is C16H22BrN3O4. The van der Waals surface area contributed by atoms with Gasteiger partial charge >= 0.3 is 6.09 Å². The van der Waals surface area contributed by atoms with E-state index in [2.05, 4.69) is 31.9 Å². The lowest BCUT2D eigenvalue weighted by Crippen LogP contribution is -2.53. The average molecular weight is 400 g/mol. The molecule has 1 aromatic rings. The molecule has 2 amide bonds. The number of halogens is 1. The average Bonchev–Trinajstić information content (AvgIpc) is 2.56. The van der Waals surface area contributed by atoms with Gasteiger partial charge in [-0.25, -0.2) is 4.79 Å². The van der Waals surface area contributed by atoms with Gasteiger partial charge in [-0.1, -0.05) is 41.9 Å². The standard InChI is InChI=1S/C16H22BrN3O4/c1-10(2)14(20-16(23)24)15(22)19-13(9-21)8-18-12-5-3-11(7-17)4-6-12/h3-6,9-10,13-14,18,20H,7-8H2,1-2H3,(H,19,22)(H,23,24)/t13-,14-/m0/s1. The second-order valence-electron chi connectivity index (χ2n) is 5.63. The molecule has 0 aliphatic rings. The van der Waals surface area contributed by atoms with Gasteiger partial charge in [0.15, 0.2) is 0 Å². The van der Waals surface area contributed by atoms with E-state index in [9.17, 15) is 14.4 Å². The zero-order chi connectivity index (χ0) is 18.1. The van der Waals surface area contributed by atoms with Gasteiger partial charge in [-0.15, -0.1) is 0 Å². The van der Waals surface area contributed by atoms with Gasteiger partial charge in [-0.2, -0.15) is 0 Å². The Morgan fingerprint density at radius 2 is 1.83 bits per heavy atom. The molecule has 0 heterocycles. The third kappa shape index (κ3) is 6.57. The second-order valence-corrected chi connectivity index (χ2v) is 6.19. The van der Waals surface area contributed by atoms with E-state index in [0.29, 0.717) is 6.29 Å². The van der Waals surface area contributed by atoms with Crippen molar-refractivity contribution in [1.29, 1.82) is 0 Å². The Balaban J connectivity index is 2.60. The van der Waals surface area contributed by atoms with Crippen molar-refractivity contribution in [2.24, 2.45) is 5.92 Å². The maximum absolute atomic E-state index is 12.2. The summed E-state index contributed by atoms with van der Waals surface area (Å²) in [6, 6.07) is 5.97. The number of anilines is 1. The van der Waals surface area contributed by atoms with Crippen LogP contribution in [0.3, 0.4) is 0 Å². The molecule has 0 saturated heterocycles. The van der Waals surface area contributed by atoms with Crippen LogP contribution in [0.25, 0.3) is 0 Å². The van der Waals surface area contributed by atoms with Gasteiger partial charge in [-0.3, -0.25) is 4.79 Å². The summed E-state index contributed by atoms with van der Waals surface area (Å²) >= 11 is 3.36. The predicted molar refractivity (Wildman–Crippen MR) is 95.3 cm³/mol. The van der Waals surface area contributed by atoms with Gasteiger partial charge in [0, 0.05) is 17.6 Å². The number of hydrogen-bond acceptors (Lipinski definition) is 4. The smallest absolute Gasteiger partial charge is 0.405 e. The number of carbonyl (C=O) groups is 3. The molecule has 0 spiro atoms. The van der Waals surface area contributed by atoms with Crippen LogP contribution in [0.2, 0.25) is 0 Å². The molecule has 4 N–H and O–H groups in total. The van der Waals surface area contributed by atoms with E-state index < -0.39 is 24.1 Å². The number of carbonyl (C=O) groups excluding carboxylic acids is 2. The predicted octanol–water partition coefficient (Wildman–Crippen LogP) is 1.97. The summed E-state index contributed by atoms with van der Waals surface area (Å²) < 4.78 is 0. The Morgan fingerprint density at radius 1 is 1.21 bits per heavy atom. The van der Waals surface area contributed by atoms with Crippen molar-refractivity contribution in [2.75, 3.05) is 11.9 Å². The van der Waals surface area contributed by atoms with Crippen molar-refractivity contribution in [3.05, 3.63) is 29.8 Å². The number of hydrogen-bond donors (Lipinski definition) is 4. The number of amides is 2. The van der Waals surface area contributed by atoms with Crippen LogP contribution in [0.15, 0.2) is 24.3 Å². The lowest BCUT2D eigenvalue weighted by atomic mass is 10.0. The zero-order valence-electron chi connectivity index (χ0n) is 13.6. The normalized spacial score (nSPS) is 13.0. The van der Waals surface area contributed by atoms with Gasteiger partial charge in [0.05, 0.1) is 0 Å². The van der Waals surface area contributed by atoms with E-state index in [1.807, 2.05) is 24.3 Å². The molecule has 0 aliphatic carbocycles. The van der Waals surface area contributed by atoms with Crippen LogP contribution in [0, 0.1) is 5.92 Å². The van der Waals surface area contributed by atoms with Gasteiger partial charge < -0.3 is 25.9 Å². The van der Waals surface area contributed by atoms with Gasteiger partial charge in [-0.05, 0) is 23.6 Å². The number of aldehydes is 1. The Kier molecular flexibility index (Phi) is 8.25. The maximum atomic E-state index is 12.2. The van der Waals surface area contributed by atoms with Crippen molar-refractivity contribution >= 4 is 39.9 Å². The summed E-state index contributed by atoms with van der Waals surface area (Å²) in [7, 11) is 0. The highest BCUT2D eigenvalue weighted by atomic mass is 79.9. The summed E-state index contributed by atoms with van der Waals surface area (Å²) in [4.78, 5) is 34.1. The first-order valence-electron chi connectivity index (χ1n) is 7.51. The first-order valence-corrected chi connectivity index (χ1v) is 8.63. The lowest BCUT2D eigenvalue weighted by molar-refractivity contribution is -0.126. The van der Waals surface area contributed by atoms with Crippen molar-refractivity contribution in [3.63, 3.8) is 0 Å². The fourth-order valence-electron chi connectivity index (χ4n) is 2.01. The van der Waals surface area contributed by atoms with Crippen LogP contribution in [0.5, 0.6) is 0 Å². The van der Waals surface area contributed by atoms with Crippen LogP contribution < -0.4 is 16.0 Å². The third-order valence-electron chi connectivity index (χ3n) is 3.35. The number of benzene rings is 1. The van der Waals surface area contributed by atoms with E-state index in [1.54, 1.807) is 13.8 Å². The third-order valence-corrected chi connectivity index (χ3v) is 4.00. The number of carboxylic acid groups (broad SMARTS) is 1. The van der Waals surface area contributed by atoms with Crippen LogP contribution >= 0.6 is 15.9 Å². The van der Waals surface area contributed by atoms with E-state index in [-0.39, 0.29) is 12.5 Å². The molecule has 132 valence electrons. The van der Waals surface area contributed by atoms with E-state index >= 15 is 0 Å². The molecule has 2 atom stereocenters. The molecular weight excluding hydrogens is 378 g/mol. The molecule has 1 rings (SSSR count). The fraction of sp³-hybridized carbons (Fsp3) is 0.438. The van der Waals surface area contributed by atoms with Gasteiger partial charge in [0.2, 0.25) is 5.91 Å². The van der Waals surface area contributed by atoms with Crippen LogP contribution in [0.4, 0.5) is 10.5 Å². The van der Waals surface area contributed by atoms with Crippen molar-refractivity contribution in [3.8, 4) is 0 Å². The quantitative estimate of drug-likeness (QED) is 0.375. The monoisotopic (exact) mass is 399 g/mol. The second kappa shape index (κ2) is 9.92. The minimum Gasteiger partial charge on any atom is -0.465 e. The molecule has 0 aromatic heterocycles. The summed E-state index contributed by atoms with van der Waals surface area (Å²) in [5, 5.41) is 17.3. The van der Waals surface area contributed by atoms with Gasteiger partial charge in [0.1, 0.15) is 18.4 Å². The van der Waals surface area contributed by atoms with Crippen LogP contribution in [-0.2, 0) is 14.9 Å². The molecule has 0 fully saturated rings. The minimum absolute atomic E-state index is 0.209. The largest absolute Gasteiger partial charge is 0.465 e. The maximum Gasteiger partial charge on any atom is 0.405 e.